The summed E-state index contributed by atoms with van der Waals surface area (Å²) >= 11 is 6.10. The van der Waals surface area contributed by atoms with Crippen molar-refractivity contribution in [3.05, 3.63) is 34.9 Å². The van der Waals surface area contributed by atoms with E-state index in [-0.39, 0.29) is 5.75 Å². The van der Waals surface area contributed by atoms with Crippen molar-refractivity contribution in [2.24, 2.45) is 0 Å². The van der Waals surface area contributed by atoms with Crippen molar-refractivity contribution in [2.45, 2.75) is 31.1 Å². The Morgan fingerprint density at radius 3 is 2.71 bits per heavy atom. The molecule has 116 valence electrons. The fourth-order valence-electron chi connectivity index (χ4n) is 3.33. The smallest absolute Gasteiger partial charge is 0.218 e. The molecular formula is C15H21ClN2O2S. The number of halogens is 1. The van der Waals surface area contributed by atoms with Gasteiger partial charge in [0, 0.05) is 24.2 Å². The molecule has 2 aliphatic heterocycles. The van der Waals surface area contributed by atoms with Crippen LogP contribution in [-0.2, 0) is 15.8 Å². The van der Waals surface area contributed by atoms with Crippen LogP contribution in [0, 0.1) is 0 Å². The normalized spacial score (nSPS) is 24.7. The lowest BCUT2D eigenvalue weighted by molar-refractivity contribution is 0.257. The van der Waals surface area contributed by atoms with Crippen LogP contribution in [0.5, 0.6) is 0 Å². The zero-order valence-electron chi connectivity index (χ0n) is 12.0. The van der Waals surface area contributed by atoms with Crippen LogP contribution in [0.2, 0.25) is 5.02 Å². The first-order valence-corrected chi connectivity index (χ1v) is 9.50. The van der Waals surface area contributed by atoms with Crippen LogP contribution in [0.15, 0.2) is 24.3 Å². The minimum absolute atomic E-state index is 0.000602. The van der Waals surface area contributed by atoms with Crippen LogP contribution in [0.1, 0.15) is 24.8 Å². The summed E-state index contributed by atoms with van der Waals surface area (Å²) in [6, 6.07) is 7.58. The second-order valence-electron chi connectivity index (χ2n) is 5.89. The van der Waals surface area contributed by atoms with Crippen LogP contribution >= 0.6 is 11.6 Å². The predicted molar refractivity (Wildman–Crippen MR) is 84.9 cm³/mol. The highest BCUT2D eigenvalue weighted by molar-refractivity contribution is 7.88. The first kappa shape index (κ1) is 15.3. The summed E-state index contributed by atoms with van der Waals surface area (Å²) < 4.78 is 27.1. The van der Waals surface area contributed by atoms with Gasteiger partial charge in [-0.1, -0.05) is 29.8 Å². The van der Waals surface area contributed by atoms with Gasteiger partial charge in [0.25, 0.3) is 0 Å². The molecule has 1 atom stereocenters. The quantitative estimate of drug-likeness (QED) is 0.855. The zero-order valence-corrected chi connectivity index (χ0v) is 13.6. The molecule has 21 heavy (non-hydrogen) atoms. The molecule has 0 aromatic heterocycles. The van der Waals surface area contributed by atoms with Gasteiger partial charge >= 0.3 is 0 Å². The van der Waals surface area contributed by atoms with Crippen molar-refractivity contribution in [1.29, 1.82) is 0 Å². The van der Waals surface area contributed by atoms with Gasteiger partial charge in [-0.05, 0) is 44.0 Å². The molecule has 0 amide bonds. The fourth-order valence-corrected chi connectivity index (χ4v) is 5.24. The molecule has 2 fully saturated rings. The summed E-state index contributed by atoms with van der Waals surface area (Å²) in [5, 5.41) is 0.526. The van der Waals surface area contributed by atoms with Crippen molar-refractivity contribution in [1.82, 2.24) is 9.21 Å². The summed E-state index contributed by atoms with van der Waals surface area (Å²) in [4.78, 5) is 2.44. The summed E-state index contributed by atoms with van der Waals surface area (Å²) in [6.45, 7) is 3.39. The lowest BCUT2D eigenvalue weighted by Crippen LogP contribution is -2.40. The number of hydrogen-bond acceptors (Lipinski definition) is 3. The summed E-state index contributed by atoms with van der Waals surface area (Å²) in [6.07, 6.45) is 3.21. The van der Waals surface area contributed by atoms with E-state index >= 15 is 0 Å². The molecule has 0 spiro atoms. The second kappa shape index (κ2) is 6.24. The van der Waals surface area contributed by atoms with Gasteiger partial charge in [0.05, 0.1) is 5.75 Å². The number of sulfonamides is 1. The van der Waals surface area contributed by atoms with Gasteiger partial charge in [-0.25, -0.2) is 12.7 Å². The molecule has 3 rings (SSSR count). The Kier molecular flexibility index (Phi) is 4.54. The van der Waals surface area contributed by atoms with Gasteiger partial charge in [0.1, 0.15) is 0 Å². The van der Waals surface area contributed by atoms with Crippen molar-refractivity contribution in [3.8, 4) is 0 Å². The molecule has 6 heteroatoms. The third kappa shape index (κ3) is 3.42. The molecule has 0 radical (unpaired) electrons. The highest BCUT2D eigenvalue weighted by atomic mass is 35.5. The van der Waals surface area contributed by atoms with Gasteiger partial charge < -0.3 is 0 Å². The van der Waals surface area contributed by atoms with Gasteiger partial charge in [-0.2, -0.15) is 0 Å². The first-order valence-electron chi connectivity index (χ1n) is 7.51. The molecule has 1 aromatic carbocycles. The monoisotopic (exact) mass is 328 g/mol. The van der Waals surface area contributed by atoms with Gasteiger partial charge in [0.15, 0.2) is 0 Å². The Hall–Kier alpha value is -0.620. The van der Waals surface area contributed by atoms with E-state index in [1.807, 2.05) is 12.1 Å². The molecule has 1 unspecified atom stereocenters. The van der Waals surface area contributed by atoms with Crippen LogP contribution in [0.25, 0.3) is 0 Å². The molecule has 0 bridgehead atoms. The molecule has 1 aromatic rings. The minimum Gasteiger partial charge on any atom is -0.299 e. The van der Waals surface area contributed by atoms with Crippen LogP contribution < -0.4 is 0 Å². The summed E-state index contributed by atoms with van der Waals surface area (Å²) in [5.74, 6) is -0.000602. The third-order valence-electron chi connectivity index (χ3n) is 4.46. The van der Waals surface area contributed by atoms with Crippen molar-refractivity contribution in [2.75, 3.05) is 26.2 Å². The van der Waals surface area contributed by atoms with E-state index in [2.05, 4.69) is 4.90 Å². The molecule has 4 nitrogen and oxygen atoms in total. The summed E-state index contributed by atoms with van der Waals surface area (Å²) in [7, 11) is -3.30. The topological polar surface area (TPSA) is 40.6 Å². The Bertz CT molecular complexity index is 605. The van der Waals surface area contributed by atoms with Crippen molar-refractivity contribution < 1.29 is 8.42 Å². The highest BCUT2D eigenvalue weighted by Gasteiger charge is 2.33. The van der Waals surface area contributed by atoms with E-state index in [0.29, 0.717) is 29.7 Å². The van der Waals surface area contributed by atoms with Crippen LogP contribution in [-0.4, -0.2) is 49.8 Å². The minimum atomic E-state index is -3.30. The molecule has 0 aliphatic carbocycles. The van der Waals surface area contributed by atoms with E-state index in [1.165, 1.54) is 6.42 Å². The maximum atomic E-state index is 12.7. The van der Waals surface area contributed by atoms with E-state index in [4.69, 9.17) is 11.6 Å². The Labute approximate surface area is 131 Å². The predicted octanol–water partition coefficient (Wildman–Crippen LogP) is 2.34. The van der Waals surface area contributed by atoms with E-state index in [1.54, 1.807) is 16.4 Å². The van der Waals surface area contributed by atoms with Crippen molar-refractivity contribution in [3.63, 3.8) is 0 Å². The Morgan fingerprint density at radius 2 is 1.90 bits per heavy atom. The Balaban J connectivity index is 1.76. The largest absolute Gasteiger partial charge is 0.299 e. The highest BCUT2D eigenvalue weighted by Crippen LogP contribution is 2.25. The third-order valence-corrected chi connectivity index (χ3v) is 6.62. The number of hydrogen-bond donors (Lipinski definition) is 0. The average molecular weight is 329 g/mol. The molecule has 2 heterocycles. The van der Waals surface area contributed by atoms with Gasteiger partial charge in [-0.15, -0.1) is 0 Å². The Morgan fingerprint density at radius 1 is 1.14 bits per heavy atom. The molecule has 0 saturated carbocycles. The van der Waals surface area contributed by atoms with Gasteiger partial charge in [0.2, 0.25) is 10.0 Å². The SMILES string of the molecule is O=S(=O)(Cc1ccccc1Cl)N1CCCN2CCCC2C1. The van der Waals surface area contributed by atoms with E-state index in [9.17, 15) is 8.42 Å². The van der Waals surface area contributed by atoms with E-state index in [0.717, 1.165) is 25.9 Å². The van der Waals surface area contributed by atoms with Crippen LogP contribution in [0.4, 0.5) is 0 Å². The molecular weight excluding hydrogens is 308 g/mol. The summed E-state index contributed by atoms with van der Waals surface area (Å²) in [5.41, 5.74) is 0.687. The van der Waals surface area contributed by atoms with Crippen molar-refractivity contribution >= 4 is 21.6 Å². The molecule has 2 saturated heterocycles. The maximum absolute atomic E-state index is 12.7. The maximum Gasteiger partial charge on any atom is 0.218 e. The lowest BCUT2D eigenvalue weighted by atomic mass is 10.2. The fraction of sp³-hybridized carbons (Fsp3) is 0.600. The average Bonchev–Trinajstić information content (AvgIpc) is 2.78. The second-order valence-corrected chi connectivity index (χ2v) is 8.27. The number of benzene rings is 1. The molecule has 2 aliphatic rings. The number of fused-ring (bicyclic) bond motifs is 1. The first-order chi connectivity index (χ1) is 10.1. The lowest BCUT2D eigenvalue weighted by Gasteiger charge is -2.25. The number of nitrogens with zero attached hydrogens (tertiary/aromatic N) is 2. The van der Waals surface area contributed by atoms with E-state index < -0.39 is 10.0 Å². The standard InChI is InChI=1S/C15H21ClN2O2S/c16-15-7-2-1-5-13(15)12-21(19,20)18-10-4-9-17-8-3-6-14(17)11-18/h1-2,5,7,14H,3-4,6,8-12H2. The zero-order chi connectivity index (χ0) is 14.9. The molecule has 0 N–H and O–H groups in total. The van der Waals surface area contributed by atoms with Gasteiger partial charge in [-0.3, -0.25) is 4.90 Å². The number of rotatable bonds is 3. The van der Waals surface area contributed by atoms with Crippen LogP contribution in [0.3, 0.4) is 0 Å².